The first-order valence-corrected chi connectivity index (χ1v) is 7.63. The fraction of sp³-hybridized carbons (Fsp3) is 0.647. The fourth-order valence-corrected chi connectivity index (χ4v) is 1.94. The molecule has 0 atom stereocenters. The minimum absolute atomic E-state index is 0.139. The summed E-state index contributed by atoms with van der Waals surface area (Å²) in [6.07, 6.45) is 0. The van der Waals surface area contributed by atoms with Crippen molar-refractivity contribution in [3.8, 4) is 5.75 Å². The molecule has 1 N–H and O–H groups in total. The van der Waals surface area contributed by atoms with Gasteiger partial charge in [0, 0.05) is 18.6 Å². The van der Waals surface area contributed by atoms with Gasteiger partial charge in [-0.2, -0.15) is 0 Å². The maximum Gasteiger partial charge on any atom is 0.119 e. The molecule has 0 aliphatic rings. The van der Waals surface area contributed by atoms with Crippen molar-refractivity contribution in [3.05, 3.63) is 29.8 Å². The summed E-state index contributed by atoms with van der Waals surface area (Å²) in [6.45, 7) is 15.7. The molecule has 1 rings (SSSR count). The third kappa shape index (κ3) is 6.92. The summed E-state index contributed by atoms with van der Waals surface area (Å²) in [5.74, 6) is 0.963. The van der Waals surface area contributed by atoms with Crippen molar-refractivity contribution in [1.82, 2.24) is 10.2 Å². The molecule has 0 spiro atoms. The van der Waals surface area contributed by atoms with Crippen LogP contribution < -0.4 is 10.1 Å². The molecule has 20 heavy (non-hydrogen) atoms. The summed E-state index contributed by atoms with van der Waals surface area (Å²) in [6, 6.07) is 8.35. The Bertz CT molecular complexity index is 381. The summed E-state index contributed by atoms with van der Waals surface area (Å²) >= 11 is 0. The van der Waals surface area contributed by atoms with Crippen LogP contribution in [0.2, 0.25) is 0 Å². The lowest BCUT2D eigenvalue weighted by atomic mass is 10.1. The zero-order chi connectivity index (χ0) is 15.0. The molecule has 0 aliphatic heterocycles. The van der Waals surface area contributed by atoms with Crippen LogP contribution >= 0.6 is 0 Å². The molecule has 3 nitrogen and oxygen atoms in total. The lowest BCUT2D eigenvalue weighted by molar-refractivity contribution is 0.222. The van der Waals surface area contributed by atoms with E-state index in [4.69, 9.17) is 4.74 Å². The van der Waals surface area contributed by atoms with Gasteiger partial charge in [-0.25, -0.2) is 0 Å². The molecule has 0 bridgehead atoms. The Labute approximate surface area is 124 Å². The van der Waals surface area contributed by atoms with E-state index in [1.165, 1.54) is 5.56 Å². The first-order valence-electron chi connectivity index (χ1n) is 7.63. The van der Waals surface area contributed by atoms with Crippen LogP contribution in [-0.2, 0) is 6.54 Å². The van der Waals surface area contributed by atoms with Crippen LogP contribution in [0.4, 0.5) is 0 Å². The predicted octanol–water partition coefficient (Wildman–Crippen LogP) is 3.30. The third-order valence-corrected chi connectivity index (χ3v) is 3.29. The molecule has 0 amide bonds. The Hall–Kier alpha value is -1.06. The summed E-state index contributed by atoms with van der Waals surface area (Å²) < 4.78 is 5.84. The number of benzene rings is 1. The molecule has 0 saturated heterocycles. The smallest absolute Gasteiger partial charge is 0.119 e. The van der Waals surface area contributed by atoms with Gasteiger partial charge in [0.05, 0.1) is 0 Å². The normalized spacial score (nSPS) is 11.9. The minimum Gasteiger partial charge on any atom is -0.492 e. The van der Waals surface area contributed by atoms with E-state index in [2.05, 4.69) is 63.0 Å². The van der Waals surface area contributed by atoms with Gasteiger partial charge < -0.3 is 15.0 Å². The van der Waals surface area contributed by atoms with E-state index in [1.54, 1.807) is 0 Å². The third-order valence-electron chi connectivity index (χ3n) is 3.29. The standard InChI is InChI=1S/C17H30N2O/c1-6-19(7-2)11-12-20-16-10-8-9-15(13-16)14-18-17(3,4)5/h8-10,13,18H,6-7,11-12,14H2,1-5H3. The second-order valence-corrected chi connectivity index (χ2v) is 6.13. The van der Waals surface area contributed by atoms with E-state index in [-0.39, 0.29) is 5.54 Å². The van der Waals surface area contributed by atoms with E-state index >= 15 is 0 Å². The Morgan fingerprint density at radius 3 is 2.45 bits per heavy atom. The van der Waals surface area contributed by atoms with Crippen LogP contribution in [0.1, 0.15) is 40.2 Å². The lowest BCUT2D eigenvalue weighted by Gasteiger charge is -2.21. The molecule has 0 unspecified atom stereocenters. The number of nitrogens with zero attached hydrogens (tertiary/aromatic N) is 1. The molecule has 0 saturated carbocycles. The van der Waals surface area contributed by atoms with Gasteiger partial charge in [-0.3, -0.25) is 0 Å². The van der Waals surface area contributed by atoms with Crippen LogP contribution in [0.3, 0.4) is 0 Å². The van der Waals surface area contributed by atoms with E-state index in [1.807, 2.05) is 6.07 Å². The van der Waals surface area contributed by atoms with E-state index in [9.17, 15) is 0 Å². The highest BCUT2D eigenvalue weighted by Gasteiger charge is 2.08. The topological polar surface area (TPSA) is 24.5 Å². The van der Waals surface area contributed by atoms with Crippen molar-refractivity contribution < 1.29 is 4.74 Å². The largest absolute Gasteiger partial charge is 0.492 e. The highest BCUT2D eigenvalue weighted by Crippen LogP contribution is 2.14. The van der Waals surface area contributed by atoms with Gasteiger partial charge in [0.2, 0.25) is 0 Å². The average Bonchev–Trinajstić information content (AvgIpc) is 2.41. The SMILES string of the molecule is CCN(CC)CCOc1cccc(CNC(C)(C)C)c1. The van der Waals surface area contributed by atoms with Gasteiger partial charge >= 0.3 is 0 Å². The van der Waals surface area contributed by atoms with Gasteiger partial charge in [0.25, 0.3) is 0 Å². The number of ether oxygens (including phenoxy) is 1. The molecular weight excluding hydrogens is 248 g/mol. The monoisotopic (exact) mass is 278 g/mol. The fourth-order valence-electron chi connectivity index (χ4n) is 1.94. The molecule has 1 aromatic rings. The van der Waals surface area contributed by atoms with Crippen LogP contribution in [0.5, 0.6) is 5.75 Å². The molecule has 0 aliphatic carbocycles. The summed E-state index contributed by atoms with van der Waals surface area (Å²) in [4.78, 5) is 2.37. The molecule has 0 heterocycles. The lowest BCUT2D eigenvalue weighted by Crippen LogP contribution is -2.35. The van der Waals surface area contributed by atoms with Gasteiger partial charge in [0.1, 0.15) is 12.4 Å². The zero-order valence-electron chi connectivity index (χ0n) is 13.7. The highest BCUT2D eigenvalue weighted by atomic mass is 16.5. The van der Waals surface area contributed by atoms with E-state index < -0.39 is 0 Å². The number of nitrogens with one attached hydrogen (secondary N) is 1. The van der Waals surface area contributed by atoms with Crippen molar-refractivity contribution in [2.75, 3.05) is 26.2 Å². The summed E-state index contributed by atoms with van der Waals surface area (Å²) in [7, 11) is 0. The van der Waals surface area contributed by atoms with Crippen molar-refractivity contribution in [3.63, 3.8) is 0 Å². The molecular formula is C17H30N2O. The number of rotatable bonds is 8. The Morgan fingerprint density at radius 1 is 1.15 bits per heavy atom. The maximum atomic E-state index is 5.84. The Morgan fingerprint density at radius 2 is 1.85 bits per heavy atom. The summed E-state index contributed by atoms with van der Waals surface area (Å²) in [5.41, 5.74) is 1.40. The van der Waals surface area contributed by atoms with Gasteiger partial charge in [0.15, 0.2) is 0 Å². The second-order valence-electron chi connectivity index (χ2n) is 6.13. The number of hydrogen-bond donors (Lipinski definition) is 1. The molecule has 1 aromatic carbocycles. The van der Waals surface area contributed by atoms with E-state index in [0.717, 1.165) is 38.5 Å². The van der Waals surface area contributed by atoms with Crippen molar-refractivity contribution in [2.24, 2.45) is 0 Å². The minimum atomic E-state index is 0.139. The predicted molar refractivity (Wildman–Crippen MR) is 86.3 cm³/mol. The van der Waals surface area contributed by atoms with Crippen molar-refractivity contribution >= 4 is 0 Å². The van der Waals surface area contributed by atoms with Crippen LogP contribution in [0, 0.1) is 0 Å². The zero-order valence-corrected chi connectivity index (χ0v) is 13.7. The number of hydrogen-bond acceptors (Lipinski definition) is 3. The molecule has 114 valence electrons. The molecule has 0 fully saturated rings. The van der Waals surface area contributed by atoms with Crippen molar-refractivity contribution in [1.29, 1.82) is 0 Å². The van der Waals surface area contributed by atoms with Crippen LogP contribution in [0.25, 0.3) is 0 Å². The van der Waals surface area contributed by atoms with E-state index in [0.29, 0.717) is 0 Å². The molecule has 0 radical (unpaired) electrons. The number of likely N-dealkylation sites (N-methyl/N-ethyl adjacent to an activating group) is 1. The van der Waals surface area contributed by atoms with Crippen LogP contribution in [0.15, 0.2) is 24.3 Å². The van der Waals surface area contributed by atoms with Crippen LogP contribution in [-0.4, -0.2) is 36.7 Å². The maximum absolute atomic E-state index is 5.84. The Balaban J connectivity index is 2.43. The van der Waals surface area contributed by atoms with Crippen molar-refractivity contribution in [2.45, 2.75) is 46.7 Å². The highest BCUT2D eigenvalue weighted by molar-refractivity contribution is 5.28. The second kappa shape index (κ2) is 8.28. The first-order chi connectivity index (χ1) is 9.44. The van der Waals surface area contributed by atoms with Gasteiger partial charge in [-0.1, -0.05) is 26.0 Å². The average molecular weight is 278 g/mol. The quantitative estimate of drug-likeness (QED) is 0.789. The van der Waals surface area contributed by atoms with Gasteiger partial charge in [-0.05, 0) is 51.6 Å². The Kier molecular flexibility index (Phi) is 7.03. The molecule has 3 heteroatoms. The molecule has 0 aromatic heterocycles. The van der Waals surface area contributed by atoms with Gasteiger partial charge in [-0.15, -0.1) is 0 Å². The summed E-state index contributed by atoms with van der Waals surface area (Å²) in [5, 5.41) is 3.49. The first kappa shape index (κ1) is 17.0.